The summed E-state index contributed by atoms with van der Waals surface area (Å²) >= 11 is 12.4. The summed E-state index contributed by atoms with van der Waals surface area (Å²) in [5.74, 6) is -0.806. The largest absolute Gasteiger partial charge is 0.493 e. The van der Waals surface area contributed by atoms with Crippen molar-refractivity contribution in [1.29, 1.82) is 0 Å². The van der Waals surface area contributed by atoms with E-state index < -0.39 is 21.7 Å². The van der Waals surface area contributed by atoms with Gasteiger partial charge in [0.2, 0.25) is 10.0 Å². The van der Waals surface area contributed by atoms with Gasteiger partial charge in [-0.1, -0.05) is 30.1 Å². The van der Waals surface area contributed by atoms with Gasteiger partial charge in [-0.25, -0.2) is 17.5 Å². The fourth-order valence-corrected chi connectivity index (χ4v) is 5.91. The Morgan fingerprint density at radius 3 is 2.31 bits per heavy atom. The zero-order valence-corrected chi connectivity index (χ0v) is 22.7. The number of rotatable bonds is 9. The standard InChI is InChI=1S/C26H31Cl2FN2O4S/c1-3-24(18-10-19(27)12-20(28)11-18)31-8-6-16(7-9-31)15-35-25-14-23(29)22(13-21(25)17-4-5-17)26(32)30-36(2,33)34/h10-14,16-17,24H,3-9,15H2,1-2H3,(H,30,32). The van der Waals surface area contributed by atoms with Gasteiger partial charge < -0.3 is 4.74 Å². The Labute approximate surface area is 222 Å². The highest BCUT2D eigenvalue weighted by Crippen LogP contribution is 2.45. The number of benzene rings is 2. The first-order valence-electron chi connectivity index (χ1n) is 12.2. The van der Waals surface area contributed by atoms with E-state index in [1.807, 2.05) is 16.9 Å². The molecule has 196 valence electrons. The lowest BCUT2D eigenvalue weighted by atomic mass is 9.94. The summed E-state index contributed by atoms with van der Waals surface area (Å²) < 4.78 is 45.5. The first-order chi connectivity index (χ1) is 17.0. The quantitative estimate of drug-likeness (QED) is 0.413. The molecule has 2 fully saturated rings. The minimum Gasteiger partial charge on any atom is -0.493 e. The second kappa shape index (κ2) is 11.3. The fourth-order valence-electron chi connectivity index (χ4n) is 4.92. The van der Waals surface area contributed by atoms with Crippen molar-refractivity contribution in [2.24, 2.45) is 5.92 Å². The van der Waals surface area contributed by atoms with Gasteiger partial charge in [-0.2, -0.15) is 0 Å². The van der Waals surface area contributed by atoms with Crippen molar-refractivity contribution in [3.05, 3.63) is 62.9 Å². The van der Waals surface area contributed by atoms with E-state index in [-0.39, 0.29) is 17.5 Å². The van der Waals surface area contributed by atoms with Gasteiger partial charge in [0, 0.05) is 22.2 Å². The monoisotopic (exact) mass is 556 g/mol. The Hall–Kier alpha value is -1.87. The Morgan fingerprint density at radius 2 is 1.75 bits per heavy atom. The number of likely N-dealkylation sites (tertiary alicyclic amines) is 1. The number of piperidine rings is 1. The molecular formula is C26H31Cl2FN2O4S. The van der Waals surface area contributed by atoms with Crippen LogP contribution in [0.3, 0.4) is 0 Å². The molecular weight excluding hydrogens is 526 g/mol. The predicted molar refractivity (Wildman–Crippen MR) is 140 cm³/mol. The number of carbonyl (C=O) groups is 1. The summed E-state index contributed by atoms with van der Waals surface area (Å²) in [4.78, 5) is 14.7. The molecule has 1 heterocycles. The molecule has 0 aromatic heterocycles. The van der Waals surface area contributed by atoms with Gasteiger partial charge in [0.15, 0.2) is 0 Å². The maximum Gasteiger partial charge on any atom is 0.267 e. The molecule has 1 unspecified atom stereocenters. The Bertz CT molecular complexity index is 1210. The Kier molecular flexibility index (Phi) is 8.49. The number of amides is 1. The third-order valence-corrected chi connectivity index (χ3v) is 7.85. The summed E-state index contributed by atoms with van der Waals surface area (Å²) in [6.45, 7) is 4.43. The van der Waals surface area contributed by atoms with Crippen LogP contribution in [0.1, 0.15) is 72.5 Å². The number of halogens is 3. The van der Waals surface area contributed by atoms with E-state index in [1.54, 1.807) is 6.07 Å². The second-order valence-corrected chi connectivity index (χ2v) is 12.4. The highest BCUT2D eigenvalue weighted by Gasteiger charge is 2.31. The Balaban J connectivity index is 1.39. The van der Waals surface area contributed by atoms with Gasteiger partial charge in [0.25, 0.3) is 5.91 Å². The summed E-state index contributed by atoms with van der Waals surface area (Å²) in [6, 6.07) is 8.59. The van der Waals surface area contributed by atoms with Crippen molar-refractivity contribution < 1.29 is 22.3 Å². The number of nitrogens with zero attached hydrogens (tertiary/aromatic N) is 1. The van der Waals surface area contributed by atoms with Crippen LogP contribution in [0.25, 0.3) is 0 Å². The summed E-state index contributed by atoms with van der Waals surface area (Å²) in [7, 11) is -3.79. The number of sulfonamides is 1. The molecule has 1 saturated heterocycles. The van der Waals surface area contributed by atoms with Crippen molar-refractivity contribution >= 4 is 39.1 Å². The normalized spacial score (nSPS) is 18.1. The van der Waals surface area contributed by atoms with Crippen molar-refractivity contribution in [1.82, 2.24) is 9.62 Å². The van der Waals surface area contributed by atoms with Gasteiger partial charge in [0.05, 0.1) is 18.4 Å². The highest BCUT2D eigenvalue weighted by atomic mass is 35.5. The van der Waals surface area contributed by atoms with Crippen LogP contribution in [0.4, 0.5) is 4.39 Å². The maximum absolute atomic E-state index is 14.7. The van der Waals surface area contributed by atoms with Crippen LogP contribution in [0.5, 0.6) is 5.75 Å². The van der Waals surface area contributed by atoms with Crippen LogP contribution in [0, 0.1) is 11.7 Å². The highest BCUT2D eigenvalue weighted by molar-refractivity contribution is 7.89. The lowest BCUT2D eigenvalue weighted by Crippen LogP contribution is -2.38. The van der Waals surface area contributed by atoms with Gasteiger partial charge in [-0.05, 0) is 92.4 Å². The zero-order valence-electron chi connectivity index (χ0n) is 20.4. The molecule has 0 spiro atoms. The molecule has 0 bridgehead atoms. The van der Waals surface area contributed by atoms with Gasteiger partial charge >= 0.3 is 0 Å². The van der Waals surface area contributed by atoms with Crippen LogP contribution in [-0.4, -0.2) is 45.2 Å². The van der Waals surface area contributed by atoms with Crippen molar-refractivity contribution in [3.63, 3.8) is 0 Å². The Morgan fingerprint density at radius 1 is 1.11 bits per heavy atom. The average Bonchev–Trinajstić information content (AvgIpc) is 3.62. The SMILES string of the molecule is CCC(c1cc(Cl)cc(Cl)c1)N1CCC(COc2cc(F)c(C(=O)NS(C)(=O)=O)cc2C2CC2)CC1. The molecule has 1 atom stereocenters. The summed E-state index contributed by atoms with van der Waals surface area (Å²) in [6.07, 6.45) is 5.56. The van der Waals surface area contributed by atoms with Crippen LogP contribution in [0.15, 0.2) is 30.3 Å². The zero-order chi connectivity index (χ0) is 26.0. The van der Waals surface area contributed by atoms with Crippen LogP contribution in [0.2, 0.25) is 10.0 Å². The van der Waals surface area contributed by atoms with E-state index in [0.29, 0.717) is 28.3 Å². The van der Waals surface area contributed by atoms with Crippen molar-refractivity contribution in [2.75, 3.05) is 26.0 Å². The second-order valence-electron chi connectivity index (χ2n) is 9.76. The molecule has 36 heavy (non-hydrogen) atoms. The minimum atomic E-state index is -3.79. The van der Waals surface area contributed by atoms with E-state index in [2.05, 4.69) is 11.8 Å². The number of hydrogen-bond acceptors (Lipinski definition) is 5. The first-order valence-corrected chi connectivity index (χ1v) is 14.9. The third kappa shape index (κ3) is 6.91. The first kappa shape index (κ1) is 27.2. The molecule has 1 aliphatic carbocycles. The van der Waals surface area contributed by atoms with E-state index >= 15 is 0 Å². The third-order valence-electron chi connectivity index (χ3n) is 6.86. The smallest absolute Gasteiger partial charge is 0.267 e. The molecule has 1 aliphatic heterocycles. The predicted octanol–water partition coefficient (Wildman–Crippen LogP) is 5.94. The number of hydrogen-bond donors (Lipinski definition) is 1. The molecule has 1 N–H and O–H groups in total. The maximum atomic E-state index is 14.7. The van der Waals surface area contributed by atoms with Gasteiger partial charge in [0.1, 0.15) is 11.6 Å². The molecule has 2 aromatic rings. The van der Waals surface area contributed by atoms with Crippen LogP contribution < -0.4 is 9.46 Å². The topological polar surface area (TPSA) is 75.7 Å². The average molecular weight is 558 g/mol. The van der Waals surface area contributed by atoms with Crippen molar-refractivity contribution in [2.45, 2.75) is 51.0 Å². The summed E-state index contributed by atoms with van der Waals surface area (Å²) in [5.41, 5.74) is 1.60. The molecule has 2 aliphatic rings. The number of nitrogens with one attached hydrogen (secondary N) is 1. The van der Waals surface area contributed by atoms with E-state index in [9.17, 15) is 17.6 Å². The van der Waals surface area contributed by atoms with Crippen LogP contribution >= 0.6 is 23.2 Å². The molecule has 2 aromatic carbocycles. The van der Waals surface area contributed by atoms with Crippen LogP contribution in [-0.2, 0) is 10.0 Å². The van der Waals surface area contributed by atoms with E-state index in [0.717, 1.165) is 62.6 Å². The fraction of sp³-hybridized carbons (Fsp3) is 0.500. The van der Waals surface area contributed by atoms with E-state index in [1.165, 1.54) is 12.1 Å². The molecule has 1 saturated carbocycles. The minimum absolute atomic E-state index is 0.196. The molecule has 6 nitrogen and oxygen atoms in total. The molecule has 4 rings (SSSR count). The van der Waals surface area contributed by atoms with Crippen molar-refractivity contribution in [3.8, 4) is 5.75 Å². The number of carbonyl (C=O) groups excluding carboxylic acids is 1. The lowest BCUT2D eigenvalue weighted by molar-refractivity contribution is 0.0976. The molecule has 10 heteroatoms. The lowest BCUT2D eigenvalue weighted by Gasteiger charge is -2.37. The van der Waals surface area contributed by atoms with Gasteiger partial charge in [-0.15, -0.1) is 0 Å². The molecule has 0 radical (unpaired) electrons. The van der Waals surface area contributed by atoms with Gasteiger partial charge in [-0.3, -0.25) is 9.69 Å². The van der Waals surface area contributed by atoms with E-state index in [4.69, 9.17) is 27.9 Å². The molecule has 1 amide bonds. The summed E-state index contributed by atoms with van der Waals surface area (Å²) in [5, 5.41) is 1.27. The number of ether oxygens (including phenoxy) is 1.